The molecule has 3 aromatic rings. The Bertz CT molecular complexity index is 935. The highest BCUT2D eigenvalue weighted by atomic mass is 32.2. The average Bonchev–Trinajstić information content (AvgIpc) is 3.20. The number of carbonyl (C=O) groups excluding carboxylic acids is 1. The van der Waals surface area contributed by atoms with Crippen molar-refractivity contribution in [1.82, 2.24) is 14.5 Å². The highest BCUT2D eigenvalue weighted by Gasteiger charge is 2.14. The number of hydrogen-bond donors (Lipinski definition) is 1. The van der Waals surface area contributed by atoms with Gasteiger partial charge in [-0.05, 0) is 37.6 Å². The molecule has 0 saturated carbocycles. The Labute approximate surface area is 155 Å². The summed E-state index contributed by atoms with van der Waals surface area (Å²) in [4.78, 5) is 32.6. The van der Waals surface area contributed by atoms with Gasteiger partial charge in [-0.3, -0.25) is 14.2 Å². The van der Waals surface area contributed by atoms with Gasteiger partial charge >= 0.3 is 0 Å². The van der Waals surface area contributed by atoms with Crippen LogP contribution in [0.4, 0.5) is 0 Å². The van der Waals surface area contributed by atoms with Gasteiger partial charge in [0.25, 0.3) is 5.56 Å². The molecule has 0 aliphatic rings. The van der Waals surface area contributed by atoms with E-state index in [1.807, 2.05) is 25.1 Å². The summed E-state index contributed by atoms with van der Waals surface area (Å²) >= 11 is 1.29. The number of ketones is 1. The number of para-hydroxylation sites is 1. The third-order valence-corrected chi connectivity index (χ3v) is 4.91. The summed E-state index contributed by atoms with van der Waals surface area (Å²) in [5.41, 5.74) is 1.12. The lowest BCUT2D eigenvalue weighted by Gasteiger charge is -2.12. The van der Waals surface area contributed by atoms with Crippen LogP contribution >= 0.6 is 11.8 Å². The van der Waals surface area contributed by atoms with Crippen molar-refractivity contribution in [3.8, 4) is 0 Å². The fourth-order valence-corrected chi connectivity index (χ4v) is 3.54. The maximum Gasteiger partial charge on any atom is 0.262 e. The zero-order valence-electron chi connectivity index (χ0n) is 14.6. The maximum atomic E-state index is 12.9. The number of nitrogens with zero attached hydrogens (tertiary/aromatic N) is 2. The predicted molar refractivity (Wildman–Crippen MR) is 103 cm³/mol. The number of rotatable bonds is 9. The second-order valence-corrected chi connectivity index (χ2v) is 6.66. The topological polar surface area (TPSA) is 77.0 Å². The molecule has 0 fully saturated rings. The monoisotopic (exact) mass is 371 g/mol. The number of ether oxygens (including phenoxy) is 1. The number of nitrogens with one attached hydrogen (secondary N) is 1. The first-order valence-corrected chi connectivity index (χ1v) is 9.56. The minimum Gasteiger partial charge on any atom is -0.382 e. The molecule has 136 valence electrons. The van der Waals surface area contributed by atoms with Crippen molar-refractivity contribution in [3.05, 3.63) is 58.6 Å². The van der Waals surface area contributed by atoms with E-state index in [2.05, 4.69) is 9.97 Å². The lowest BCUT2D eigenvalue weighted by atomic mass is 10.2. The first kappa shape index (κ1) is 18.4. The van der Waals surface area contributed by atoms with E-state index in [-0.39, 0.29) is 17.1 Å². The summed E-state index contributed by atoms with van der Waals surface area (Å²) in [6.45, 7) is 3.69. The minimum absolute atomic E-state index is 0.0247. The SMILES string of the molecule is CCOCCCn1c(SCC(=O)c2ccc[nH]2)nc2ccccc2c1=O. The lowest BCUT2D eigenvalue weighted by Crippen LogP contribution is -2.24. The van der Waals surface area contributed by atoms with Crippen LogP contribution < -0.4 is 5.56 Å². The molecule has 0 saturated heterocycles. The molecule has 0 spiro atoms. The molecule has 2 heterocycles. The van der Waals surface area contributed by atoms with Crippen LogP contribution in [-0.4, -0.2) is 39.3 Å². The zero-order valence-corrected chi connectivity index (χ0v) is 15.4. The number of Topliss-reactive ketones (excluding diaryl/α,β-unsaturated/α-hetero) is 1. The van der Waals surface area contributed by atoms with Crippen molar-refractivity contribution in [2.75, 3.05) is 19.0 Å². The molecular formula is C19H21N3O3S. The molecule has 0 bridgehead atoms. The second kappa shape index (κ2) is 8.82. The van der Waals surface area contributed by atoms with E-state index in [1.165, 1.54) is 11.8 Å². The smallest absolute Gasteiger partial charge is 0.262 e. The second-order valence-electron chi connectivity index (χ2n) is 5.71. The van der Waals surface area contributed by atoms with Crippen molar-refractivity contribution in [2.24, 2.45) is 0 Å². The number of aromatic amines is 1. The van der Waals surface area contributed by atoms with Crippen LogP contribution in [-0.2, 0) is 11.3 Å². The van der Waals surface area contributed by atoms with E-state index in [9.17, 15) is 9.59 Å². The number of thioether (sulfide) groups is 1. The van der Waals surface area contributed by atoms with E-state index in [0.717, 1.165) is 0 Å². The molecule has 7 heteroatoms. The molecule has 2 aromatic heterocycles. The molecule has 0 atom stereocenters. The average molecular weight is 371 g/mol. The van der Waals surface area contributed by atoms with Crippen LogP contribution in [0.2, 0.25) is 0 Å². The standard InChI is InChI=1S/C19H21N3O3S/c1-2-25-12-6-11-22-18(24)14-7-3-4-8-15(14)21-19(22)26-13-17(23)16-9-5-10-20-16/h3-5,7-10,20H,2,6,11-13H2,1H3. The van der Waals surface area contributed by atoms with Crippen molar-refractivity contribution in [3.63, 3.8) is 0 Å². The highest BCUT2D eigenvalue weighted by molar-refractivity contribution is 7.99. The van der Waals surface area contributed by atoms with Crippen LogP contribution in [0.15, 0.2) is 52.5 Å². The predicted octanol–water partition coefficient (Wildman–Crippen LogP) is 3.13. The molecule has 1 aromatic carbocycles. The zero-order chi connectivity index (χ0) is 18.4. The Hall–Kier alpha value is -2.38. The molecule has 6 nitrogen and oxygen atoms in total. The van der Waals surface area contributed by atoms with Crippen molar-refractivity contribution in [2.45, 2.75) is 25.0 Å². The largest absolute Gasteiger partial charge is 0.382 e. The minimum atomic E-state index is -0.0816. The number of carbonyl (C=O) groups is 1. The number of aromatic nitrogens is 3. The Kier molecular flexibility index (Phi) is 6.25. The summed E-state index contributed by atoms with van der Waals surface area (Å²) in [6, 6.07) is 10.8. The lowest BCUT2D eigenvalue weighted by molar-refractivity contribution is 0.101. The fraction of sp³-hybridized carbons (Fsp3) is 0.316. The third-order valence-electron chi connectivity index (χ3n) is 3.93. The Morgan fingerprint density at radius 2 is 2.12 bits per heavy atom. The van der Waals surface area contributed by atoms with Gasteiger partial charge in [0.2, 0.25) is 0 Å². The van der Waals surface area contributed by atoms with Crippen molar-refractivity contribution >= 4 is 28.4 Å². The van der Waals surface area contributed by atoms with Crippen LogP contribution in [0.5, 0.6) is 0 Å². The Balaban J connectivity index is 1.85. The molecule has 0 unspecified atom stereocenters. The van der Waals surface area contributed by atoms with Crippen LogP contribution in [0, 0.1) is 0 Å². The van der Waals surface area contributed by atoms with Gasteiger partial charge in [0, 0.05) is 26.0 Å². The van der Waals surface area contributed by atoms with Gasteiger partial charge in [0.15, 0.2) is 10.9 Å². The Morgan fingerprint density at radius 1 is 1.27 bits per heavy atom. The normalized spacial score (nSPS) is 11.1. The van der Waals surface area contributed by atoms with Gasteiger partial charge in [-0.25, -0.2) is 4.98 Å². The third kappa shape index (κ3) is 4.23. The van der Waals surface area contributed by atoms with Gasteiger partial charge in [-0.2, -0.15) is 0 Å². The fourth-order valence-electron chi connectivity index (χ4n) is 2.64. The van der Waals surface area contributed by atoms with Gasteiger partial charge in [-0.1, -0.05) is 23.9 Å². The van der Waals surface area contributed by atoms with Gasteiger partial charge in [0.05, 0.1) is 22.3 Å². The molecular weight excluding hydrogens is 350 g/mol. The summed E-state index contributed by atoms with van der Waals surface area (Å²) in [5.74, 6) is 0.194. The molecule has 0 aliphatic carbocycles. The molecule has 1 N–H and O–H groups in total. The van der Waals surface area contributed by atoms with E-state index < -0.39 is 0 Å². The number of H-pyrrole nitrogens is 1. The molecule has 0 aliphatic heterocycles. The molecule has 3 rings (SSSR count). The Morgan fingerprint density at radius 3 is 2.88 bits per heavy atom. The van der Waals surface area contributed by atoms with Crippen molar-refractivity contribution < 1.29 is 9.53 Å². The van der Waals surface area contributed by atoms with Crippen LogP contribution in [0.25, 0.3) is 10.9 Å². The summed E-state index contributed by atoms with van der Waals surface area (Å²) in [5, 5.41) is 1.15. The van der Waals surface area contributed by atoms with Gasteiger partial charge < -0.3 is 9.72 Å². The van der Waals surface area contributed by atoms with Crippen LogP contribution in [0.1, 0.15) is 23.8 Å². The highest BCUT2D eigenvalue weighted by Crippen LogP contribution is 2.19. The molecule has 0 radical (unpaired) electrons. The molecule has 0 amide bonds. The van der Waals surface area contributed by atoms with E-state index in [4.69, 9.17) is 4.74 Å². The first-order valence-electron chi connectivity index (χ1n) is 8.57. The van der Waals surface area contributed by atoms with Gasteiger partial charge in [0.1, 0.15) is 0 Å². The van der Waals surface area contributed by atoms with E-state index in [0.29, 0.717) is 47.9 Å². The summed E-state index contributed by atoms with van der Waals surface area (Å²) in [7, 11) is 0. The maximum absolute atomic E-state index is 12.9. The van der Waals surface area contributed by atoms with E-state index >= 15 is 0 Å². The first-order chi connectivity index (χ1) is 12.7. The number of hydrogen-bond acceptors (Lipinski definition) is 5. The molecule has 26 heavy (non-hydrogen) atoms. The quantitative estimate of drug-likeness (QED) is 0.271. The summed E-state index contributed by atoms with van der Waals surface area (Å²) < 4.78 is 7.02. The number of fused-ring (bicyclic) bond motifs is 1. The summed E-state index contributed by atoms with van der Waals surface area (Å²) in [6.07, 6.45) is 2.43. The van der Waals surface area contributed by atoms with Gasteiger partial charge in [-0.15, -0.1) is 0 Å². The van der Waals surface area contributed by atoms with Crippen molar-refractivity contribution in [1.29, 1.82) is 0 Å². The van der Waals surface area contributed by atoms with E-state index in [1.54, 1.807) is 29.0 Å². The van der Waals surface area contributed by atoms with Crippen LogP contribution in [0.3, 0.4) is 0 Å². The number of benzene rings is 1.